The predicted molar refractivity (Wildman–Crippen MR) is 151 cm³/mol. The van der Waals surface area contributed by atoms with Gasteiger partial charge in [0.15, 0.2) is 0 Å². The average molecular weight is 511 g/mol. The molecule has 4 nitrogen and oxygen atoms in total. The summed E-state index contributed by atoms with van der Waals surface area (Å²) >= 11 is 0. The molecule has 4 aliphatic carbocycles. The van der Waals surface area contributed by atoms with Crippen molar-refractivity contribution in [2.24, 2.45) is 40.7 Å². The summed E-state index contributed by atoms with van der Waals surface area (Å²) in [5, 5.41) is 10.4. The molecule has 6 rings (SSSR count). The van der Waals surface area contributed by atoms with Crippen LogP contribution in [-0.4, -0.2) is 53.5 Å². The molecule has 0 bridgehead atoms. The number of unbranched alkanes of at least 4 members (excludes halogenated alkanes) is 3. The van der Waals surface area contributed by atoms with Gasteiger partial charge in [0.2, 0.25) is 0 Å². The van der Waals surface area contributed by atoms with Crippen molar-refractivity contribution in [1.82, 2.24) is 4.90 Å². The van der Waals surface area contributed by atoms with E-state index in [4.69, 9.17) is 10.5 Å². The number of hydrogen-bond donors (Lipinski definition) is 2. The molecule has 37 heavy (non-hydrogen) atoms. The highest BCUT2D eigenvalue weighted by Gasteiger charge is 2.61. The molecule has 4 heteroatoms. The monoisotopic (exact) mass is 510 g/mol. The molecule has 0 aromatic carbocycles. The van der Waals surface area contributed by atoms with Gasteiger partial charge in [-0.3, -0.25) is 4.90 Å². The third-order valence-corrected chi connectivity index (χ3v) is 12.5. The summed E-state index contributed by atoms with van der Waals surface area (Å²) in [6.45, 7) is 13.3. The first kappa shape index (κ1) is 26.5. The van der Waals surface area contributed by atoms with Crippen molar-refractivity contribution in [3.63, 3.8) is 0 Å². The summed E-state index contributed by atoms with van der Waals surface area (Å²) < 4.78 is 7.31. The molecule has 6 aliphatic rings. The molecule has 4 fully saturated rings. The Morgan fingerprint density at radius 1 is 1.11 bits per heavy atom. The van der Waals surface area contributed by atoms with Crippen molar-refractivity contribution >= 4 is 0 Å². The first-order valence-corrected chi connectivity index (χ1v) is 16.0. The van der Waals surface area contributed by atoms with E-state index in [0.717, 1.165) is 49.5 Å². The van der Waals surface area contributed by atoms with E-state index in [2.05, 4.69) is 38.7 Å². The highest BCUT2D eigenvalue weighted by Crippen LogP contribution is 2.65. The Morgan fingerprint density at radius 3 is 2.73 bits per heavy atom. The number of piperidine rings is 1. The highest BCUT2D eigenvalue weighted by atomic mass is 16.5. The van der Waals surface area contributed by atoms with Crippen LogP contribution < -0.4 is 5.73 Å². The molecule has 2 aliphatic heterocycles. The van der Waals surface area contributed by atoms with Crippen LogP contribution in [-0.2, 0) is 4.74 Å². The Morgan fingerprint density at radius 2 is 1.92 bits per heavy atom. The molecular weight excluding hydrogens is 456 g/mol. The first-order chi connectivity index (χ1) is 17.8. The topological polar surface area (TPSA) is 58.7 Å². The number of aliphatic hydroxyl groups is 1. The van der Waals surface area contributed by atoms with Crippen LogP contribution in [0.3, 0.4) is 0 Å². The van der Waals surface area contributed by atoms with Crippen LogP contribution in [0, 0.1) is 35.0 Å². The minimum Gasteiger partial charge on any atom is -0.393 e. The normalized spacial score (nSPS) is 47.5. The van der Waals surface area contributed by atoms with Gasteiger partial charge in [-0.1, -0.05) is 50.8 Å². The van der Waals surface area contributed by atoms with E-state index in [1.54, 1.807) is 16.7 Å². The van der Waals surface area contributed by atoms with E-state index >= 15 is 0 Å². The van der Waals surface area contributed by atoms with Gasteiger partial charge in [-0.2, -0.15) is 0 Å². The van der Waals surface area contributed by atoms with Crippen molar-refractivity contribution in [2.45, 2.75) is 129 Å². The van der Waals surface area contributed by atoms with Crippen LogP contribution in [0.2, 0.25) is 0 Å². The zero-order chi connectivity index (χ0) is 25.9. The molecule has 2 saturated carbocycles. The average Bonchev–Trinajstić information content (AvgIpc) is 3.39. The Hall–Kier alpha value is -0.680. The number of likely N-dealkylation sites (tertiary alicyclic amines) is 1. The number of rotatable bonds is 6. The van der Waals surface area contributed by atoms with E-state index in [9.17, 15) is 5.11 Å². The van der Waals surface area contributed by atoms with Crippen LogP contribution in [0.15, 0.2) is 22.8 Å². The summed E-state index contributed by atoms with van der Waals surface area (Å²) in [4.78, 5) is 2.84. The molecular formula is C33H54N2O2. The number of ether oxygens (including phenoxy) is 1. The lowest BCUT2D eigenvalue weighted by Gasteiger charge is -2.49. The number of aliphatic hydroxyl groups excluding tert-OH is 1. The Balaban J connectivity index is 1.24. The number of nitrogens with two attached hydrogens (primary N) is 1. The summed E-state index contributed by atoms with van der Waals surface area (Å²) in [6.07, 6.45) is 17.2. The van der Waals surface area contributed by atoms with Gasteiger partial charge < -0.3 is 15.6 Å². The van der Waals surface area contributed by atoms with Gasteiger partial charge in [-0.25, -0.2) is 0 Å². The van der Waals surface area contributed by atoms with Crippen molar-refractivity contribution in [3.8, 4) is 0 Å². The van der Waals surface area contributed by atoms with Gasteiger partial charge in [0.05, 0.1) is 17.8 Å². The van der Waals surface area contributed by atoms with Crippen LogP contribution in [0.25, 0.3) is 0 Å². The summed E-state index contributed by atoms with van der Waals surface area (Å²) in [6, 6.07) is 0.576. The Labute approximate surface area is 226 Å². The molecule has 1 spiro atoms. The fraction of sp³-hybridized carbons (Fsp3) is 0.879. The minimum absolute atomic E-state index is 0.0452. The van der Waals surface area contributed by atoms with E-state index < -0.39 is 0 Å². The van der Waals surface area contributed by atoms with Crippen LogP contribution in [0.5, 0.6) is 0 Å². The van der Waals surface area contributed by atoms with Gasteiger partial charge in [0.1, 0.15) is 0 Å². The highest BCUT2D eigenvalue weighted by molar-refractivity contribution is 5.38. The van der Waals surface area contributed by atoms with Gasteiger partial charge in [0, 0.05) is 18.5 Å². The van der Waals surface area contributed by atoms with E-state index in [-0.39, 0.29) is 11.7 Å². The molecule has 3 N–H and O–H groups in total. The number of hydrogen-bond acceptors (Lipinski definition) is 4. The maximum Gasteiger partial charge on any atom is 0.0937 e. The molecule has 2 heterocycles. The van der Waals surface area contributed by atoms with Crippen molar-refractivity contribution in [2.75, 3.05) is 19.6 Å². The maximum absolute atomic E-state index is 10.4. The molecule has 10 atom stereocenters. The third kappa shape index (κ3) is 4.23. The summed E-state index contributed by atoms with van der Waals surface area (Å²) in [5.41, 5.74) is 11.0. The quantitative estimate of drug-likeness (QED) is 0.328. The zero-order valence-electron chi connectivity index (χ0n) is 24.2. The Bertz CT molecular complexity index is 927. The van der Waals surface area contributed by atoms with Crippen LogP contribution >= 0.6 is 0 Å². The van der Waals surface area contributed by atoms with E-state index in [1.165, 1.54) is 70.9 Å². The van der Waals surface area contributed by atoms with Crippen molar-refractivity contribution < 1.29 is 9.84 Å². The standard InChI is InChI=1S/C33H54N2O2/c1-21-17-30-31(35(20-21)16-8-6-5-7-15-34)23(3)33(37-30)14-12-26-27-10-9-24-18-25(36)11-13-32(24,4)29(27)19-28(26)22(33)2/h9,21,23,25-27,29-31,36H,5-8,10-20,34H2,1-4H3/t21-,23+,25-,26-,27-,29-,30+,31?,32-,33-/m0/s1. The van der Waals surface area contributed by atoms with Gasteiger partial charge >= 0.3 is 0 Å². The van der Waals surface area contributed by atoms with Crippen molar-refractivity contribution in [1.29, 1.82) is 0 Å². The van der Waals surface area contributed by atoms with Crippen molar-refractivity contribution in [3.05, 3.63) is 22.8 Å². The smallest absolute Gasteiger partial charge is 0.0937 e. The first-order valence-electron chi connectivity index (χ1n) is 16.0. The van der Waals surface area contributed by atoms with E-state index in [0.29, 0.717) is 23.5 Å². The lowest BCUT2D eigenvalue weighted by atomic mass is 9.56. The van der Waals surface area contributed by atoms with Crippen LogP contribution in [0.1, 0.15) is 105 Å². The molecule has 0 aromatic rings. The van der Waals surface area contributed by atoms with Gasteiger partial charge in [-0.15, -0.1) is 0 Å². The second-order valence-electron chi connectivity index (χ2n) is 14.4. The predicted octanol–water partition coefficient (Wildman–Crippen LogP) is 6.23. The molecule has 0 aromatic heterocycles. The van der Waals surface area contributed by atoms with Gasteiger partial charge in [0.25, 0.3) is 0 Å². The molecule has 2 saturated heterocycles. The molecule has 1 unspecified atom stereocenters. The number of allylic oxidation sites excluding steroid dienone is 2. The molecule has 0 radical (unpaired) electrons. The van der Waals surface area contributed by atoms with Gasteiger partial charge in [-0.05, 0) is 119 Å². The second kappa shape index (κ2) is 10.1. The summed E-state index contributed by atoms with van der Waals surface area (Å²) in [5.74, 6) is 3.61. The zero-order valence-corrected chi connectivity index (χ0v) is 24.2. The Kier molecular flexibility index (Phi) is 7.21. The molecule has 208 valence electrons. The second-order valence-corrected chi connectivity index (χ2v) is 14.4. The van der Waals surface area contributed by atoms with E-state index in [1.807, 2.05) is 0 Å². The molecule has 0 amide bonds. The maximum atomic E-state index is 10.4. The number of fused-ring (bicyclic) bond motifs is 6. The lowest BCUT2D eigenvalue weighted by Crippen LogP contribution is -2.52. The summed E-state index contributed by atoms with van der Waals surface area (Å²) in [7, 11) is 0. The largest absolute Gasteiger partial charge is 0.393 e. The SMILES string of the molecule is CC1=C2C[C@H]3[C@@H](CC=C4C[C@@H](O)CC[C@@]43C)[C@@H]2CC[C@]12O[C@@H]1C[C@H](C)CN(CCCCCCN)C1[C@H]2C. The lowest BCUT2D eigenvalue weighted by molar-refractivity contribution is -0.0649. The minimum atomic E-state index is -0.120. The number of nitrogens with zero attached hydrogens (tertiary/aromatic N) is 1. The third-order valence-electron chi connectivity index (χ3n) is 12.5. The van der Waals surface area contributed by atoms with Crippen LogP contribution in [0.4, 0.5) is 0 Å². The fourth-order valence-electron chi connectivity index (χ4n) is 10.5. The fourth-order valence-corrected chi connectivity index (χ4v) is 10.5.